The van der Waals surface area contributed by atoms with Gasteiger partial charge in [0.1, 0.15) is 0 Å². The van der Waals surface area contributed by atoms with E-state index in [1.807, 2.05) is 0 Å². The van der Waals surface area contributed by atoms with Crippen molar-refractivity contribution in [3.05, 3.63) is 11.6 Å². The van der Waals surface area contributed by atoms with Gasteiger partial charge in [-0.25, -0.2) is 0 Å². The van der Waals surface area contributed by atoms with Gasteiger partial charge in [0.2, 0.25) is 0 Å². The first-order valence-electron chi connectivity index (χ1n) is 9.31. The van der Waals surface area contributed by atoms with Crippen LogP contribution < -0.4 is 0 Å². The summed E-state index contributed by atoms with van der Waals surface area (Å²) in [5, 5.41) is 10.7. The third kappa shape index (κ3) is 3.22. The number of hydrogen-bond acceptors (Lipinski definition) is 2. The first kappa shape index (κ1) is 18.2. The molecule has 0 aliphatic heterocycles. The standard InChI is InChI=1S/C19H36O2Si/c1-14(2)22(15(3)4,16(5)6)21-12-11-18-13-19(18,20)17-9-7-8-10-17/h9,14-16,18,20H,7-8,10-13H2,1-6H3/t18-,19+/m1/s1. The van der Waals surface area contributed by atoms with E-state index >= 15 is 0 Å². The quantitative estimate of drug-likeness (QED) is 0.476. The summed E-state index contributed by atoms with van der Waals surface area (Å²) < 4.78 is 6.63. The Morgan fingerprint density at radius 2 is 1.77 bits per heavy atom. The summed E-state index contributed by atoms with van der Waals surface area (Å²) in [5.41, 5.74) is 2.78. The Hall–Kier alpha value is -0.123. The molecule has 2 nitrogen and oxygen atoms in total. The molecule has 2 rings (SSSR count). The second kappa shape index (κ2) is 6.78. The van der Waals surface area contributed by atoms with Crippen LogP contribution in [0.4, 0.5) is 0 Å². The molecule has 22 heavy (non-hydrogen) atoms. The van der Waals surface area contributed by atoms with Gasteiger partial charge >= 0.3 is 0 Å². The van der Waals surface area contributed by atoms with Crippen LogP contribution in [0.1, 0.15) is 73.6 Å². The molecule has 0 aromatic carbocycles. The summed E-state index contributed by atoms with van der Waals surface area (Å²) in [6, 6.07) is 0. The van der Waals surface area contributed by atoms with Gasteiger partial charge in [0.15, 0.2) is 8.32 Å². The molecule has 0 saturated heterocycles. The van der Waals surface area contributed by atoms with Crippen molar-refractivity contribution in [2.45, 2.75) is 95.9 Å². The molecular formula is C19H36O2Si. The molecule has 0 bridgehead atoms. The fraction of sp³-hybridized carbons (Fsp3) is 0.895. The summed E-state index contributed by atoms with van der Waals surface area (Å²) in [6.07, 6.45) is 7.75. The fourth-order valence-corrected chi connectivity index (χ4v) is 10.5. The van der Waals surface area contributed by atoms with Crippen LogP contribution in [0, 0.1) is 5.92 Å². The number of rotatable bonds is 8. The molecule has 1 fully saturated rings. The van der Waals surface area contributed by atoms with Gasteiger partial charge in [-0.3, -0.25) is 0 Å². The average molecular weight is 325 g/mol. The molecule has 2 aliphatic rings. The van der Waals surface area contributed by atoms with E-state index in [0.717, 1.165) is 32.3 Å². The first-order valence-corrected chi connectivity index (χ1v) is 11.4. The molecule has 1 saturated carbocycles. The zero-order valence-corrected chi connectivity index (χ0v) is 16.5. The van der Waals surface area contributed by atoms with Gasteiger partial charge in [-0.15, -0.1) is 0 Å². The molecule has 2 aliphatic carbocycles. The smallest absolute Gasteiger partial charge is 0.200 e. The highest BCUT2D eigenvalue weighted by Gasteiger charge is 2.55. The van der Waals surface area contributed by atoms with Crippen molar-refractivity contribution in [2.24, 2.45) is 5.92 Å². The lowest BCUT2D eigenvalue weighted by Crippen LogP contribution is -2.48. The number of aliphatic hydroxyl groups is 1. The average Bonchev–Trinajstić information content (AvgIpc) is 2.88. The predicted octanol–water partition coefficient (Wildman–Crippen LogP) is 5.43. The third-order valence-electron chi connectivity index (χ3n) is 6.20. The van der Waals surface area contributed by atoms with Crippen LogP contribution in [-0.4, -0.2) is 25.6 Å². The van der Waals surface area contributed by atoms with Crippen molar-refractivity contribution in [3.8, 4) is 0 Å². The normalized spacial score (nSPS) is 28.8. The van der Waals surface area contributed by atoms with Crippen LogP contribution in [0.25, 0.3) is 0 Å². The molecule has 128 valence electrons. The molecule has 2 atom stereocenters. The first-order chi connectivity index (χ1) is 10.2. The van der Waals surface area contributed by atoms with E-state index in [2.05, 4.69) is 47.6 Å². The van der Waals surface area contributed by atoms with Crippen molar-refractivity contribution in [2.75, 3.05) is 6.61 Å². The largest absolute Gasteiger partial charge is 0.416 e. The molecule has 1 N–H and O–H groups in total. The summed E-state index contributed by atoms with van der Waals surface area (Å²) >= 11 is 0. The minimum Gasteiger partial charge on any atom is -0.416 e. The summed E-state index contributed by atoms with van der Waals surface area (Å²) in [4.78, 5) is 0. The van der Waals surface area contributed by atoms with Crippen LogP contribution in [-0.2, 0) is 4.43 Å². The molecule has 0 radical (unpaired) electrons. The highest BCUT2D eigenvalue weighted by molar-refractivity contribution is 6.77. The lowest BCUT2D eigenvalue weighted by atomic mass is 10.0. The van der Waals surface area contributed by atoms with E-state index in [4.69, 9.17) is 4.43 Å². The fourth-order valence-electron chi connectivity index (χ4n) is 4.99. The Balaban J connectivity index is 1.90. The van der Waals surface area contributed by atoms with Gasteiger partial charge < -0.3 is 9.53 Å². The van der Waals surface area contributed by atoms with Crippen molar-refractivity contribution in [1.29, 1.82) is 0 Å². The number of allylic oxidation sites excluding steroid dienone is 1. The molecular weight excluding hydrogens is 288 g/mol. The van der Waals surface area contributed by atoms with Gasteiger partial charge in [-0.2, -0.15) is 0 Å². The van der Waals surface area contributed by atoms with E-state index in [0.29, 0.717) is 22.5 Å². The molecule has 0 unspecified atom stereocenters. The van der Waals surface area contributed by atoms with E-state index in [1.165, 1.54) is 12.0 Å². The van der Waals surface area contributed by atoms with Crippen molar-refractivity contribution in [1.82, 2.24) is 0 Å². The van der Waals surface area contributed by atoms with E-state index in [-0.39, 0.29) is 0 Å². The van der Waals surface area contributed by atoms with Gasteiger partial charge in [-0.1, -0.05) is 47.6 Å². The van der Waals surface area contributed by atoms with Crippen molar-refractivity contribution in [3.63, 3.8) is 0 Å². The highest BCUT2D eigenvalue weighted by atomic mass is 28.4. The van der Waals surface area contributed by atoms with Gasteiger partial charge in [0.25, 0.3) is 0 Å². The van der Waals surface area contributed by atoms with Crippen molar-refractivity contribution >= 4 is 8.32 Å². The van der Waals surface area contributed by atoms with E-state index in [9.17, 15) is 5.11 Å². The monoisotopic (exact) mass is 324 g/mol. The Bertz CT molecular complexity index is 392. The minimum absolute atomic E-state index is 0.440. The van der Waals surface area contributed by atoms with Gasteiger partial charge in [-0.05, 0) is 60.2 Å². The van der Waals surface area contributed by atoms with Crippen LogP contribution in [0.5, 0.6) is 0 Å². The summed E-state index contributed by atoms with van der Waals surface area (Å²) in [5.74, 6) is 0.440. The Labute approximate surface area is 138 Å². The number of hydrogen-bond donors (Lipinski definition) is 1. The predicted molar refractivity (Wildman–Crippen MR) is 96.6 cm³/mol. The zero-order valence-electron chi connectivity index (χ0n) is 15.5. The minimum atomic E-state index is -1.74. The van der Waals surface area contributed by atoms with Crippen LogP contribution in [0.3, 0.4) is 0 Å². The SMILES string of the molecule is CC(C)[Si](OCC[C@@H]1C[C@]1(O)C1=CCCC1)(C(C)C)C(C)C. The van der Waals surface area contributed by atoms with Crippen LogP contribution in [0.15, 0.2) is 11.6 Å². The maximum absolute atomic E-state index is 10.7. The molecule has 3 heteroatoms. The van der Waals surface area contributed by atoms with Crippen LogP contribution in [0.2, 0.25) is 16.6 Å². The second-order valence-corrected chi connectivity index (χ2v) is 13.9. The van der Waals surface area contributed by atoms with Crippen molar-refractivity contribution < 1.29 is 9.53 Å². The molecule has 0 amide bonds. The molecule has 0 spiro atoms. The maximum atomic E-state index is 10.7. The molecule has 0 aromatic heterocycles. The van der Waals surface area contributed by atoms with E-state index in [1.54, 1.807) is 0 Å². The van der Waals surface area contributed by atoms with Gasteiger partial charge in [0.05, 0.1) is 5.60 Å². The second-order valence-electron chi connectivity index (χ2n) is 8.40. The topological polar surface area (TPSA) is 29.5 Å². The Morgan fingerprint density at radius 1 is 1.18 bits per heavy atom. The lowest BCUT2D eigenvalue weighted by molar-refractivity contribution is 0.155. The Kier molecular flexibility index (Phi) is 5.62. The summed E-state index contributed by atoms with van der Waals surface area (Å²) in [6.45, 7) is 14.9. The molecule has 0 aromatic rings. The lowest BCUT2D eigenvalue weighted by Gasteiger charge is -2.42. The molecule has 0 heterocycles. The van der Waals surface area contributed by atoms with E-state index < -0.39 is 13.9 Å². The third-order valence-corrected chi connectivity index (χ3v) is 12.3. The van der Waals surface area contributed by atoms with Gasteiger partial charge in [0, 0.05) is 6.61 Å². The highest BCUT2D eigenvalue weighted by Crippen LogP contribution is 2.54. The Morgan fingerprint density at radius 3 is 2.23 bits per heavy atom. The maximum Gasteiger partial charge on any atom is 0.200 e. The zero-order chi connectivity index (χ0) is 16.5. The summed E-state index contributed by atoms with van der Waals surface area (Å²) in [7, 11) is -1.74. The van der Waals surface area contributed by atoms with Crippen LogP contribution >= 0.6 is 0 Å².